The second-order valence-corrected chi connectivity index (χ2v) is 5.81. The lowest BCUT2D eigenvalue weighted by molar-refractivity contribution is -0.128. The van der Waals surface area contributed by atoms with E-state index in [4.69, 9.17) is 0 Å². The first kappa shape index (κ1) is 12.8. The van der Waals surface area contributed by atoms with Gasteiger partial charge in [-0.3, -0.25) is 4.79 Å². The van der Waals surface area contributed by atoms with Crippen LogP contribution >= 0.6 is 0 Å². The van der Waals surface area contributed by atoms with Crippen LogP contribution in [0.2, 0.25) is 0 Å². The summed E-state index contributed by atoms with van der Waals surface area (Å²) in [5.74, 6) is 0.261. The number of amides is 1. The molecule has 2 fully saturated rings. The smallest absolute Gasteiger partial charge is 0.239 e. The highest BCUT2D eigenvalue weighted by Gasteiger charge is 2.38. The summed E-state index contributed by atoms with van der Waals surface area (Å²) < 4.78 is 0. The van der Waals surface area contributed by atoms with Gasteiger partial charge in [-0.05, 0) is 33.4 Å². The molecule has 1 unspecified atom stereocenters. The van der Waals surface area contributed by atoms with Gasteiger partial charge in [0.1, 0.15) is 0 Å². The summed E-state index contributed by atoms with van der Waals surface area (Å²) in [5, 5.41) is 3.49. The number of likely N-dealkylation sites (N-methyl/N-ethyl adjacent to an activating group) is 2. The van der Waals surface area contributed by atoms with Gasteiger partial charge in [0.2, 0.25) is 5.91 Å². The predicted octanol–water partition coefficient (Wildman–Crippen LogP) is 0.681. The van der Waals surface area contributed by atoms with E-state index in [0.717, 1.165) is 19.5 Å². The maximum absolute atomic E-state index is 11.8. The summed E-state index contributed by atoms with van der Waals surface area (Å²) >= 11 is 0. The zero-order valence-corrected chi connectivity index (χ0v) is 11.3. The molecule has 17 heavy (non-hydrogen) atoms. The predicted molar refractivity (Wildman–Crippen MR) is 68.9 cm³/mol. The van der Waals surface area contributed by atoms with E-state index in [9.17, 15) is 4.79 Å². The van der Waals surface area contributed by atoms with Crippen molar-refractivity contribution in [2.75, 3.05) is 34.2 Å². The van der Waals surface area contributed by atoms with Crippen molar-refractivity contribution in [1.82, 2.24) is 15.1 Å². The Balaban J connectivity index is 1.90. The summed E-state index contributed by atoms with van der Waals surface area (Å²) in [6.07, 6.45) is 6.10. The van der Waals surface area contributed by atoms with Crippen LogP contribution in [0.5, 0.6) is 0 Å². The average Bonchev–Trinajstić information content (AvgIpc) is 2.87. The first-order valence-corrected chi connectivity index (χ1v) is 6.71. The number of hydrogen-bond donors (Lipinski definition) is 1. The Morgan fingerprint density at radius 3 is 2.53 bits per heavy atom. The molecular weight excluding hydrogens is 214 g/mol. The molecule has 0 aromatic carbocycles. The fourth-order valence-corrected chi connectivity index (χ4v) is 3.14. The molecule has 1 amide bonds. The summed E-state index contributed by atoms with van der Waals surface area (Å²) in [6.45, 7) is 1.84. The monoisotopic (exact) mass is 239 g/mol. The topological polar surface area (TPSA) is 35.6 Å². The lowest BCUT2D eigenvalue weighted by Gasteiger charge is -2.37. The first-order chi connectivity index (χ1) is 8.05. The Labute approximate surface area is 104 Å². The van der Waals surface area contributed by atoms with Crippen LogP contribution in [0.3, 0.4) is 0 Å². The molecule has 0 aromatic rings. The Bertz CT molecular complexity index is 284. The lowest BCUT2D eigenvalue weighted by Crippen LogP contribution is -2.52. The van der Waals surface area contributed by atoms with Crippen LogP contribution in [-0.2, 0) is 4.79 Å². The van der Waals surface area contributed by atoms with Crippen LogP contribution in [0, 0.1) is 0 Å². The molecule has 1 saturated carbocycles. The van der Waals surface area contributed by atoms with Gasteiger partial charge in [0, 0.05) is 25.7 Å². The third-order valence-electron chi connectivity index (χ3n) is 4.59. The normalized spacial score (nSPS) is 28.4. The highest BCUT2D eigenvalue weighted by molar-refractivity contribution is 5.83. The molecule has 0 spiro atoms. The number of nitrogens with one attached hydrogen (secondary N) is 1. The van der Waals surface area contributed by atoms with Crippen molar-refractivity contribution in [3.05, 3.63) is 0 Å². The van der Waals surface area contributed by atoms with Gasteiger partial charge in [-0.1, -0.05) is 12.8 Å². The van der Waals surface area contributed by atoms with Crippen molar-refractivity contribution < 1.29 is 4.79 Å². The molecule has 4 nitrogen and oxygen atoms in total. The van der Waals surface area contributed by atoms with Gasteiger partial charge in [-0.2, -0.15) is 0 Å². The SMILES string of the molecule is CN1CCC(NCC2(N(C)C)CCCC2)C1=O. The molecule has 1 saturated heterocycles. The van der Waals surface area contributed by atoms with Gasteiger partial charge in [0.25, 0.3) is 0 Å². The van der Waals surface area contributed by atoms with Crippen molar-refractivity contribution in [1.29, 1.82) is 0 Å². The van der Waals surface area contributed by atoms with Gasteiger partial charge in [-0.25, -0.2) is 0 Å². The summed E-state index contributed by atoms with van der Waals surface area (Å²) in [5.41, 5.74) is 0.279. The van der Waals surface area contributed by atoms with Gasteiger partial charge < -0.3 is 15.1 Å². The number of hydrogen-bond acceptors (Lipinski definition) is 3. The molecule has 1 N–H and O–H groups in total. The van der Waals surface area contributed by atoms with E-state index < -0.39 is 0 Å². The summed E-state index contributed by atoms with van der Waals surface area (Å²) in [7, 11) is 6.21. The van der Waals surface area contributed by atoms with E-state index in [2.05, 4.69) is 24.3 Å². The molecule has 2 aliphatic rings. The van der Waals surface area contributed by atoms with Crippen LogP contribution in [0.25, 0.3) is 0 Å². The van der Waals surface area contributed by atoms with Crippen LogP contribution in [0.1, 0.15) is 32.1 Å². The third-order valence-corrected chi connectivity index (χ3v) is 4.59. The number of likely N-dealkylation sites (tertiary alicyclic amines) is 1. The fraction of sp³-hybridized carbons (Fsp3) is 0.923. The Morgan fingerprint density at radius 2 is 2.06 bits per heavy atom. The van der Waals surface area contributed by atoms with E-state index >= 15 is 0 Å². The number of carbonyl (C=O) groups is 1. The lowest BCUT2D eigenvalue weighted by atomic mass is 9.95. The van der Waals surface area contributed by atoms with E-state index in [-0.39, 0.29) is 17.5 Å². The third kappa shape index (κ3) is 2.47. The van der Waals surface area contributed by atoms with Crippen molar-refractivity contribution in [3.63, 3.8) is 0 Å². The van der Waals surface area contributed by atoms with Crippen LogP contribution < -0.4 is 5.32 Å². The van der Waals surface area contributed by atoms with E-state index in [1.54, 1.807) is 0 Å². The van der Waals surface area contributed by atoms with Gasteiger partial charge in [-0.15, -0.1) is 0 Å². The minimum Gasteiger partial charge on any atom is -0.344 e. The molecule has 1 aliphatic carbocycles. The molecule has 0 radical (unpaired) electrons. The average molecular weight is 239 g/mol. The molecule has 0 bridgehead atoms. The van der Waals surface area contributed by atoms with Gasteiger partial charge in [0.15, 0.2) is 0 Å². The second-order valence-electron chi connectivity index (χ2n) is 5.81. The molecule has 0 aromatic heterocycles. The fourth-order valence-electron chi connectivity index (χ4n) is 3.14. The van der Waals surface area contributed by atoms with Gasteiger partial charge >= 0.3 is 0 Å². The molecule has 2 rings (SSSR count). The Morgan fingerprint density at radius 1 is 1.41 bits per heavy atom. The summed E-state index contributed by atoms with van der Waals surface area (Å²) in [4.78, 5) is 16.0. The highest BCUT2D eigenvalue weighted by Crippen LogP contribution is 2.33. The molecule has 1 heterocycles. The maximum atomic E-state index is 11.8. The minimum atomic E-state index is 0.0532. The van der Waals surface area contributed by atoms with Crippen molar-refractivity contribution in [3.8, 4) is 0 Å². The van der Waals surface area contributed by atoms with Crippen LogP contribution in [0.15, 0.2) is 0 Å². The first-order valence-electron chi connectivity index (χ1n) is 6.71. The zero-order chi connectivity index (χ0) is 12.5. The van der Waals surface area contributed by atoms with Crippen molar-refractivity contribution >= 4 is 5.91 Å². The van der Waals surface area contributed by atoms with Crippen LogP contribution in [0.4, 0.5) is 0 Å². The zero-order valence-electron chi connectivity index (χ0n) is 11.3. The van der Waals surface area contributed by atoms with Crippen molar-refractivity contribution in [2.24, 2.45) is 0 Å². The summed E-state index contributed by atoms with van der Waals surface area (Å²) in [6, 6.07) is 0.0532. The van der Waals surface area contributed by atoms with Gasteiger partial charge in [0.05, 0.1) is 6.04 Å². The molecule has 4 heteroatoms. The maximum Gasteiger partial charge on any atom is 0.239 e. The molecule has 1 atom stereocenters. The number of nitrogens with zero attached hydrogens (tertiary/aromatic N) is 2. The van der Waals surface area contributed by atoms with E-state index in [1.165, 1.54) is 25.7 Å². The van der Waals surface area contributed by atoms with Crippen LogP contribution in [-0.4, -0.2) is 61.5 Å². The molecule has 98 valence electrons. The second kappa shape index (κ2) is 4.94. The molecule has 1 aliphatic heterocycles. The molecular formula is C13H25N3O. The Kier molecular flexibility index (Phi) is 3.73. The minimum absolute atomic E-state index is 0.0532. The largest absolute Gasteiger partial charge is 0.344 e. The number of rotatable bonds is 4. The number of carbonyl (C=O) groups excluding carboxylic acids is 1. The quantitative estimate of drug-likeness (QED) is 0.784. The Hall–Kier alpha value is -0.610. The van der Waals surface area contributed by atoms with E-state index in [0.29, 0.717) is 0 Å². The van der Waals surface area contributed by atoms with Crippen molar-refractivity contribution in [2.45, 2.75) is 43.7 Å². The standard InChI is InChI=1S/C13H25N3O/c1-15(2)13(7-4-5-8-13)10-14-11-6-9-16(3)12(11)17/h11,14H,4-10H2,1-3H3. The van der Waals surface area contributed by atoms with E-state index in [1.807, 2.05) is 11.9 Å². The highest BCUT2D eigenvalue weighted by atomic mass is 16.2.